The Morgan fingerprint density at radius 2 is 1.44 bits per heavy atom. The summed E-state index contributed by atoms with van der Waals surface area (Å²) in [6.07, 6.45) is -0.152. The first-order valence-electron chi connectivity index (χ1n) is 20.0. The van der Waals surface area contributed by atoms with Crippen molar-refractivity contribution < 1.29 is 85.9 Å². The maximum absolute atomic E-state index is 12.9. The summed E-state index contributed by atoms with van der Waals surface area (Å²) in [5.41, 5.74) is -1.47. The molecule has 2 heterocycles. The van der Waals surface area contributed by atoms with Crippen LogP contribution in [0.3, 0.4) is 0 Å². The van der Waals surface area contributed by atoms with Gasteiger partial charge >= 0.3 is 5.97 Å². The van der Waals surface area contributed by atoms with E-state index in [1.165, 1.54) is 23.5 Å². The molecule has 28 nitrogen and oxygen atoms in total. The van der Waals surface area contributed by atoms with Crippen molar-refractivity contribution in [1.29, 1.82) is 0 Å². The second-order valence-electron chi connectivity index (χ2n) is 14.8. The molecule has 7 rings (SSSR count). The van der Waals surface area contributed by atoms with Crippen LogP contribution in [0.25, 0.3) is 26.7 Å². The third-order valence-electron chi connectivity index (χ3n) is 9.90. The number of azo groups is 3. The van der Waals surface area contributed by atoms with E-state index in [2.05, 4.69) is 45.5 Å². The smallest absolute Gasteiger partial charge is 0.361 e. The number of nitrogens with zero attached hydrogens (tertiary/aromatic N) is 9. The Hall–Kier alpha value is -7.76. The molecule has 5 aromatic carbocycles. The molecule has 0 atom stereocenters. The van der Waals surface area contributed by atoms with Crippen LogP contribution in [-0.2, 0) is 61.3 Å². The van der Waals surface area contributed by atoms with Gasteiger partial charge in [-0.25, -0.2) is 9.78 Å². The van der Waals surface area contributed by atoms with Gasteiger partial charge in [0.15, 0.2) is 11.4 Å². The number of rotatable bonds is 19. The molecule has 33 heteroatoms. The largest absolute Gasteiger partial charge is 0.505 e. The van der Waals surface area contributed by atoms with Gasteiger partial charge in [0.2, 0.25) is 16.7 Å². The van der Waals surface area contributed by atoms with Crippen LogP contribution >= 0.6 is 11.3 Å². The molecule has 0 saturated carbocycles. The number of thiazole rings is 1. The molecular weight excluding hydrogens is 1070 g/mol. The number of aromatic hydroxyl groups is 2. The van der Waals surface area contributed by atoms with E-state index in [1.54, 1.807) is 25.1 Å². The molecule has 0 aliphatic rings. The summed E-state index contributed by atoms with van der Waals surface area (Å²) in [4.78, 5) is 24.6. The van der Waals surface area contributed by atoms with Crippen LogP contribution < -0.4 is 4.74 Å². The van der Waals surface area contributed by atoms with E-state index >= 15 is 0 Å². The van der Waals surface area contributed by atoms with Crippen LogP contribution in [0, 0.1) is 6.92 Å². The van der Waals surface area contributed by atoms with E-state index in [4.69, 9.17) is 9.47 Å². The van der Waals surface area contributed by atoms with Crippen molar-refractivity contribution in [3.63, 3.8) is 0 Å². The Morgan fingerprint density at radius 1 is 0.753 bits per heavy atom. The molecule has 0 aliphatic carbocycles. The number of hydrogen-bond donors (Lipinski definition) is 6. The zero-order valence-electron chi connectivity index (χ0n) is 36.9. The van der Waals surface area contributed by atoms with Gasteiger partial charge in [-0.1, -0.05) is 23.5 Å². The summed E-state index contributed by atoms with van der Waals surface area (Å²) in [5.74, 6) is -3.87. The number of phenols is 1. The number of esters is 1. The minimum atomic E-state index is -5.35. The van der Waals surface area contributed by atoms with Gasteiger partial charge in [0.05, 0.1) is 46.0 Å². The zero-order valence-corrected chi connectivity index (χ0v) is 41.0. The lowest BCUT2D eigenvalue weighted by atomic mass is 10.1. The zero-order chi connectivity index (χ0) is 53.2. The van der Waals surface area contributed by atoms with Crippen molar-refractivity contribution in [1.82, 2.24) is 14.8 Å². The Kier molecular flexibility index (Phi) is 15.1. The Balaban J connectivity index is 1.24. The fraction of sp³-hybridized carbons (Fsp3) is 0.150. The fourth-order valence-electron chi connectivity index (χ4n) is 6.62. The summed E-state index contributed by atoms with van der Waals surface area (Å²) >= 11 is 1.20. The summed E-state index contributed by atoms with van der Waals surface area (Å²) in [7, 11) is -19.2. The van der Waals surface area contributed by atoms with Crippen molar-refractivity contribution in [2.45, 2.75) is 34.6 Å². The maximum atomic E-state index is 12.9. The van der Waals surface area contributed by atoms with E-state index in [9.17, 15) is 71.7 Å². The van der Waals surface area contributed by atoms with Crippen molar-refractivity contribution in [3.05, 3.63) is 89.6 Å². The number of aromatic nitrogens is 3. The van der Waals surface area contributed by atoms with Crippen LogP contribution in [-0.4, -0.2) is 109 Å². The molecular formula is C40H33N9O19S5. The Labute approximate surface area is 415 Å². The van der Waals surface area contributed by atoms with Crippen LogP contribution in [0.2, 0.25) is 0 Å². The normalized spacial score (nSPS) is 12.7. The number of fused-ring (bicyclic) bond motifs is 2. The first-order chi connectivity index (χ1) is 34.3. The highest BCUT2D eigenvalue weighted by atomic mass is 32.2. The quantitative estimate of drug-likeness (QED) is 0.0150. The topological polar surface area (TPSA) is 425 Å². The average Bonchev–Trinajstić information content (AvgIpc) is 3.88. The fourth-order valence-corrected chi connectivity index (χ4v) is 10.1. The Bertz CT molecular complexity index is 3950. The average molecular weight is 1100 g/mol. The van der Waals surface area contributed by atoms with Gasteiger partial charge in [-0.05, 0) is 79.1 Å². The van der Waals surface area contributed by atoms with E-state index in [-0.39, 0.29) is 58.4 Å². The molecule has 0 saturated heterocycles. The highest BCUT2D eigenvalue weighted by molar-refractivity contribution is 7.87. The molecule has 2 aromatic heterocycles. The molecule has 7 aromatic rings. The standard InChI is InChI=1S/C40H33N9O19S5/c1-20-14-29(31(68-12-3-13-70(54,55)56)17-28(20)44-47-40-41-25-8-4-21(18-67-19-50)15-32(25)69-40)45-42-26-9-7-24-23(36(26)51)6-10-27(37(24)73(63,64)65)43-46-34-35(39(53)66-2)48-49(38(34)52)30-11-5-22(71(57,58)59)16-33(30)72(60,61)62/h4-11,14-17,19,51-52H,3,12-13,18H2,1-2H3,(H,54,55,56)(H,57,58,59)(H,60,61,62)(H,63,64,65). The van der Waals surface area contributed by atoms with Gasteiger partial charge in [0.1, 0.15) is 39.2 Å². The maximum Gasteiger partial charge on any atom is 0.361 e. The van der Waals surface area contributed by atoms with E-state index < -0.39 is 101 Å². The number of aryl methyl sites for hydroxylation is 1. The predicted molar refractivity (Wildman–Crippen MR) is 252 cm³/mol. The lowest BCUT2D eigenvalue weighted by molar-refractivity contribution is -0.129. The summed E-state index contributed by atoms with van der Waals surface area (Å²) in [5, 5.41) is 50.3. The summed E-state index contributed by atoms with van der Waals surface area (Å²) in [6, 6.07) is 14.0. The van der Waals surface area contributed by atoms with Gasteiger partial charge in [-0.15, -0.1) is 30.7 Å². The number of carbonyl (C=O) groups is 2. The highest BCUT2D eigenvalue weighted by Gasteiger charge is 2.30. The SMILES string of the molecule is COC(=O)c1nn(-c2ccc(S(=O)(=O)O)cc2S(=O)(=O)O)c(O)c1N=Nc1ccc2c(O)c(N=Nc3cc(C)c(N=Nc4nc5ccc(COC=O)cc5s4)cc3OCCCS(=O)(=O)O)ccc2c1S(=O)(=O)O. The number of hydrogen-bond acceptors (Lipinski definition) is 24. The van der Waals surface area contributed by atoms with Crippen LogP contribution in [0.1, 0.15) is 28.0 Å². The van der Waals surface area contributed by atoms with Gasteiger partial charge in [-0.2, -0.15) is 43.5 Å². The first kappa shape index (κ1) is 53.0. The molecule has 0 spiro atoms. The number of methoxy groups -OCH3 is 1. The van der Waals surface area contributed by atoms with E-state index in [1.807, 2.05) is 0 Å². The van der Waals surface area contributed by atoms with Gasteiger partial charge in [0, 0.05) is 16.8 Å². The lowest BCUT2D eigenvalue weighted by Gasteiger charge is -2.11. The van der Waals surface area contributed by atoms with Crippen molar-refractivity contribution in [2.75, 3.05) is 19.5 Å². The third-order valence-corrected chi connectivity index (χ3v) is 14.3. The van der Waals surface area contributed by atoms with Crippen molar-refractivity contribution in [3.8, 4) is 23.1 Å². The van der Waals surface area contributed by atoms with Gasteiger partial charge in [0.25, 0.3) is 46.9 Å². The minimum Gasteiger partial charge on any atom is -0.505 e. The van der Waals surface area contributed by atoms with Crippen LogP contribution in [0.5, 0.6) is 17.4 Å². The summed E-state index contributed by atoms with van der Waals surface area (Å²) < 4.78 is 152. The monoisotopic (exact) mass is 1100 g/mol. The highest BCUT2D eigenvalue weighted by Crippen LogP contribution is 2.44. The Morgan fingerprint density at radius 3 is 2.11 bits per heavy atom. The molecule has 6 N–H and O–H groups in total. The minimum absolute atomic E-state index is 0.00689. The van der Waals surface area contributed by atoms with Crippen molar-refractivity contribution >= 4 is 119 Å². The number of benzene rings is 5. The second kappa shape index (κ2) is 20.8. The van der Waals surface area contributed by atoms with E-state index in [0.717, 1.165) is 41.6 Å². The molecule has 382 valence electrons. The number of carbonyl (C=O) groups excluding carboxylic acids is 2. The predicted octanol–water partition coefficient (Wildman–Crippen LogP) is 7.46. The number of phenolic OH excluding ortho intramolecular Hbond substituents is 1. The first-order valence-corrected chi connectivity index (χ1v) is 26.7. The molecule has 73 heavy (non-hydrogen) atoms. The lowest BCUT2D eigenvalue weighted by Crippen LogP contribution is -2.10. The molecule has 0 bridgehead atoms. The molecule has 0 aliphatic heterocycles. The molecule has 0 amide bonds. The molecule has 0 fully saturated rings. The van der Waals surface area contributed by atoms with Gasteiger partial charge < -0.3 is 24.4 Å². The molecule has 0 radical (unpaired) electrons. The van der Waals surface area contributed by atoms with Crippen LogP contribution in [0.15, 0.2) is 118 Å². The summed E-state index contributed by atoms with van der Waals surface area (Å²) in [6.45, 7) is 1.79. The van der Waals surface area contributed by atoms with Crippen LogP contribution in [0.4, 0.5) is 33.6 Å². The van der Waals surface area contributed by atoms with E-state index in [0.29, 0.717) is 40.4 Å². The second-order valence-corrected chi connectivity index (χ2v) is 21.6. The molecule has 0 unspecified atom stereocenters. The third kappa shape index (κ3) is 12.1. The van der Waals surface area contributed by atoms with Crippen molar-refractivity contribution in [2.24, 2.45) is 30.7 Å². The van der Waals surface area contributed by atoms with Gasteiger partial charge in [-0.3, -0.25) is 23.0 Å². The number of ether oxygens (including phenoxy) is 3.